The molecule has 0 bridgehead atoms. The van der Waals surface area contributed by atoms with Gasteiger partial charge in [-0.15, -0.1) is 10.2 Å². The Hall–Kier alpha value is -0.490. The van der Waals surface area contributed by atoms with Gasteiger partial charge in [0.1, 0.15) is 10.0 Å². The molecule has 0 spiro atoms. The molecule has 2 N–H and O–H groups in total. The summed E-state index contributed by atoms with van der Waals surface area (Å²) in [5.41, 5.74) is 6.61. The molecule has 1 aromatic carbocycles. The first-order valence-corrected chi connectivity index (χ1v) is 6.61. The number of benzene rings is 1. The fraction of sp³-hybridized carbons (Fsp3) is 0.200. The zero-order chi connectivity index (χ0) is 11.7. The van der Waals surface area contributed by atoms with Gasteiger partial charge in [-0.3, -0.25) is 0 Å². The summed E-state index contributed by atoms with van der Waals surface area (Å²) in [5.74, 6) is 0. The molecular formula is C10H9BrClN3S. The minimum absolute atomic E-state index is 0.0998. The van der Waals surface area contributed by atoms with Crippen LogP contribution in [0.1, 0.15) is 18.0 Å². The highest BCUT2D eigenvalue weighted by atomic mass is 79.9. The van der Waals surface area contributed by atoms with E-state index < -0.39 is 0 Å². The number of halogens is 2. The number of nitrogens with zero attached hydrogens (tertiary/aromatic N) is 2. The Balaban J connectivity index is 2.46. The summed E-state index contributed by atoms with van der Waals surface area (Å²) in [7, 11) is 0. The lowest BCUT2D eigenvalue weighted by Gasteiger charge is -2.00. The van der Waals surface area contributed by atoms with E-state index in [0.29, 0.717) is 5.02 Å². The van der Waals surface area contributed by atoms with Gasteiger partial charge in [0.05, 0.1) is 11.1 Å². The first-order chi connectivity index (χ1) is 7.58. The number of aromatic nitrogens is 2. The van der Waals surface area contributed by atoms with Crippen LogP contribution >= 0.6 is 38.9 Å². The molecule has 0 saturated carbocycles. The van der Waals surface area contributed by atoms with Crippen molar-refractivity contribution in [3.8, 4) is 10.6 Å². The van der Waals surface area contributed by atoms with Gasteiger partial charge in [-0.25, -0.2) is 0 Å². The van der Waals surface area contributed by atoms with E-state index in [2.05, 4.69) is 26.1 Å². The summed E-state index contributed by atoms with van der Waals surface area (Å²) >= 11 is 11.0. The minimum Gasteiger partial charge on any atom is -0.322 e. The van der Waals surface area contributed by atoms with Crippen LogP contribution in [-0.2, 0) is 0 Å². The lowest BCUT2D eigenvalue weighted by Crippen LogP contribution is -2.03. The van der Waals surface area contributed by atoms with Gasteiger partial charge >= 0.3 is 0 Å². The quantitative estimate of drug-likeness (QED) is 0.919. The minimum atomic E-state index is -0.0998. The molecule has 16 heavy (non-hydrogen) atoms. The van der Waals surface area contributed by atoms with E-state index in [4.69, 9.17) is 17.3 Å². The average molecular weight is 319 g/mol. The van der Waals surface area contributed by atoms with Gasteiger partial charge in [-0.05, 0) is 25.1 Å². The van der Waals surface area contributed by atoms with E-state index in [1.165, 1.54) is 11.3 Å². The second-order valence-corrected chi connectivity index (χ2v) is 5.69. The topological polar surface area (TPSA) is 51.8 Å². The second kappa shape index (κ2) is 4.79. The maximum atomic E-state index is 6.11. The third-order valence-electron chi connectivity index (χ3n) is 1.99. The summed E-state index contributed by atoms with van der Waals surface area (Å²) in [6.45, 7) is 1.88. The van der Waals surface area contributed by atoms with Crippen molar-refractivity contribution in [2.24, 2.45) is 5.73 Å². The number of nitrogens with two attached hydrogens (primary N) is 1. The summed E-state index contributed by atoms with van der Waals surface area (Å²) in [5, 5.41) is 10.4. The van der Waals surface area contributed by atoms with Gasteiger partial charge in [-0.2, -0.15) is 0 Å². The maximum Gasteiger partial charge on any atom is 0.149 e. The van der Waals surface area contributed by atoms with Crippen molar-refractivity contribution in [2.45, 2.75) is 13.0 Å². The lowest BCUT2D eigenvalue weighted by molar-refractivity contribution is 0.786. The summed E-state index contributed by atoms with van der Waals surface area (Å²) in [6.07, 6.45) is 0. The zero-order valence-electron chi connectivity index (χ0n) is 8.45. The molecule has 1 atom stereocenters. The van der Waals surface area contributed by atoms with Crippen LogP contribution in [0.2, 0.25) is 5.02 Å². The van der Waals surface area contributed by atoms with Crippen molar-refractivity contribution in [3.63, 3.8) is 0 Å². The molecule has 0 aliphatic rings. The Labute approximate surface area is 111 Å². The van der Waals surface area contributed by atoms with Crippen LogP contribution in [0.15, 0.2) is 22.7 Å². The van der Waals surface area contributed by atoms with Crippen LogP contribution in [0.5, 0.6) is 0 Å². The van der Waals surface area contributed by atoms with E-state index in [1.54, 1.807) is 0 Å². The molecule has 0 saturated heterocycles. The van der Waals surface area contributed by atoms with Crippen molar-refractivity contribution in [2.75, 3.05) is 0 Å². The van der Waals surface area contributed by atoms with E-state index >= 15 is 0 Å². The van der Waals surface area contributed by atoms with Crippen molar-refractivity contribution in [1.29, 1.82) is 0 Å². The van der Waals surface area contributed by atoms with E-state index in [0.717, 1.165) is 20.1 Å². The molecule has 2 rings (SSSR count). The van der Waals surface area contributed by atoms with Crippen molar-refractivity contribution >= 4 is 38.9 Å². The average Bonchev–Trinajstić information content (AvgIpc) is 2.70. The smallest absolute Gasteiger partial charge is 0.149 e. The van der Waals surface area contributed by atoms with Crippen molar-refractivity contribution < 1.29 is 0 Å². The highest BCUT2D eigenvalue weighted by Crippen LogP contribution is 2.33. The van der Waals surface area contributed by atoms with E-state index in [9.17, 15) is 0 Å². The number of hydrogen-bond donors (Lipinski definition) is 1. The molecule has 1 aromatic heterocycles. The second-order valence-electron chi connectivity index (χ2n) is 3.36. The standard InChI is InChI=1S/C10H9BrClN3S/c1-5(13)9-14-15-10(16-9)7-4-6(11)2-3-8(7)12/h2-5H,13H2,1H3. The molecule has 0 amide bonds. The maximum absolute atomic E-state index is 6.11. The Morgan fingerprint density at radius 3 is 2.81 bits per heavy atom. The lowest BCUT2D eigenvalue weighted by atomic mass is 10.2. The van der Waals surface area contributed by atoms with Crippen LogP contribution < -0.4 is 5.73 Å². The molecule has 84 valence electrons. The number of hydrogen-bond acceptors (Lipinski definition) is 4. The Kier molecular flexibility index (Phi) is 3.59. The molecule has 1 unspecified atom stereocenters. The van der Waals surface area contributed by atoms with E-state index in [-0.39, 0.29) is 6.04 Å². The zero-order valence-corrected chi connectivity index (χ0v) is 11.6. The summed E-state index contributed by atoms with van der Waals surface area (Å²) < 4.78 is 0.962. The Morgan fingerprint density at radius 1 is 1.44 bits per heavy atom. The fourth-order valence-corrected chi connectivity index (χ4v) is 2.64. The van der Waals surface area contributed by atoms with Crippen molar-refractivity contribution in [3.05, 3.63) is 32.7 Å². The Morgan fingerprint density at radius 2 is 2.19 bits per heavy atom. The molecular weight excluding hydrogens is 310 g/mol. The first kappa shape index (κ1) is 12.0. The molecule has 2 aromatic rings. The molecule has 0 aliphatic heterocycles. The van der Waals surface area contributed by atoms with E-state index in [1.807, 2.05) is 25.1 Å². The van der Waals surface area contributed by atoms with Gasteiger partial charge in [0.25, 0.3) is 0 Å². The van der Waals surface area contributed by atoms with Crippen LogP contribution in [-0.4, -0.2) is 10.2 Å². The number of rotatable bonds is 2. The Bertz CT molecular complexity index is 513. The van der Waals surface area contributed by atoms with Crippen LogP contribution in [0.4, 0.5) is 0 Å². The van der Waals surface area contributed by atoms with Gasteiger partial charge < -0.3 is 5.73 Å². The first-order valence-electron chi connectivity index (χ1n) is 4.62. The normalized spacial score (nSPS) is 12.8. The molecule has 0 fully saturated rings. The van der Waals surface area contributed by atoms with Crippen LogP contribution in [0.3, 0.4) is 0 Å². The van der Waals surface area contributed by atoms with Gasteiger partial charge in [0.15, 0.2) is 0 Å². The van der Waals surface area contributed by atoms with Crippen LogP contribution in [0.25, 0.3) is 10.6 Å². The highest BCUT2D eigenvalue weighted by Gasteiger charge is 2.12. The predicted molar refractivity (Wildman–Crippen MR) is 70.7 cm³/mol. The molecule has 1 heterocycles. The molecule has 3 nitrogen and oxygen atoms in total. The summed E-state index contributed by atoms with van der Waals surface area (Å²) in [6, 6.07) is 5.54. The fourth-order valence-electron chi connectivity index (χ4n) is 1.19. The highest BCUT2D eigenvalue weighted by molar-refractivity contribution is 9.10. The third kappa shape index (κ3) is 2.43. The molecule has 0 radical (unpaired) electrons. The third-order valence-corrected chi connectivity index (χ3v) is 3.97. The predicted octanol–water partition coefficient (Wildman–Crippen LogP) is 3.64. The van der Waals surface area contributed by atoms with Gasteiger partial charge in [0.2, 0.25) is 0 Å². The largest absolute Gasteiger partial charge is 0.322 e. The van der Waals surface area contributed by atoms with Gasteiger partial charge in [0, 0.05) is 10.0 Å². The molecule has 6 heteroatoms. The monoisotopic (exact) mass is 317 g/mol. The van der Waals surface area contributed by atoms with Crippen LogP contribution in [0, 0.1) is 0 Å². The SMILES string of the molecule is CC(N)c1nnc(-c2cc(Br)ccc2Cl)s1. The van der Waals surface area contributed by atoms with Gasteiger partial charge in [-0.1, -0.05) is 38.9 Å². The molecule has 0 aliphatic carbocycles. The summed E-state index contributed by atoms with van der Waals surface area (Å²) in [4.78, 5) is 0. The van der Waals surface area contributed by atoms with Crippen molar-refractivity contribution in [1.82, 2.24) is 10.2 Å².